The van der Waals surface area contributed by atoms with Crippen LogP contribution >= 0.6 is 0 Å². The fraction of sp³-hybridized carbons (Fsp3) is 0.455. The van der Waals surface area contributed by atoms with Crippen molar-refractivity contribution in [3.05, 3.63) is 23.3 Å². The molecule has 0 saturated heterocycles. The second-order valence-corrected chi connectivity index (χ2v) is 3.50. The summed E-state index contributed by atoms with van der Waals surface area (Å²) in [5, 5.41) is 3.13. The molecule has 0 amide bonds. The Morgan fingerprint density at radius 2 is 2.21 bits per heavy atom. The summed E-state index contributed by atoms with van der Waals surface area (Å²) < 4.78 is 10.7. The van der Waals surface area contributed by atoms with Gasteiger partial charge in [-0.1, -0.05) is 6.07 Å². The Morgan fingerprint density at radius 3 is 3.00 bits per heavy atom. The third kappa shape index (κ3) is 1.68. The van der Waals surface area contributed by atoms with Gasteiger partial charge in [0.25, 0.3) is 0 Å². The van der Waals surface area contributed by atoms with E-state index in [-0.39, 0.29) is 0 Å². The Morgan fingerprint density at radius 1 is 1.36 bits per heavy atom. The van der Waals surface area contributed by atoms with E-state index in [9.17, 15) is 0 Å². The zero-order valence-corrected chi connectivity index (χ0v) is 8.59. The largest absolute Gasteiger partial charge is 0.454 e. The molecule has 0 fully saturated rings. The normalized spacial score (nSPS) is 13.3. The smallest absolute Gasteiger partial charge is 0.231 e. The Balaban J connectivity index is 2.23. The number of hydrogen-bond donors (Lipinski definition) is 1. The maximum atomic E-state index is 5.36. The molecule has 3 nitrogen and oxygen atoms in total. The van der Waals surface area contributed by atoms with E-state index in [1.165, 1.54) is 5.56 Å². The minimum Gasteiger partial charge on any atom is -0.454 e. The molecule has 0 spiro atoms. The van der Waals surface area contributed by atoms with Crippen LogP contribution in [0.1, 0.15) is 11.1 Å². The zero-order valence-electron chi connectivity index (χ0n) is 8.59. The Kier molecular flexibility index (Phi) is 2.59. The lowest BCUT2D eigenvalue weighted by atomic mass is 10.1. The molecule has 0 aliphatic carbocycles. The van der Waals surface area contributed by atoms with Gasteiger partial charge >= 0.3 is 0 Å². The van der Waals surface area contributed by atoms with E-state index in [0.29, 0.717) is 6.79 Å². The molecule has 0 bridgehead atoms. The molecule has 0 unspecified atom stereocenters. The topological polar surface area (TPSA) is 30.5 Å². The molecule has 1 heterocycles. The van der Waals surface area contributed by atoms with Crippen LogP contribution in [0.3, 0.4) is 0 Å². The molecule has 0 saturated carbocycles. The molecule has 1 aliphatic heterocycles. The summed E-state index contributed by atoms with van der Waals surface area (Å²) in [6.07, 6.45) is 1.02. The second-order valence-electron chi connectivity index (χ2n) is 3.50. The van der Waals surface area contributed by atoms with Crippen molar-refractivity contribution in [2.45, 2.75) is 13.3 Å². The monoisotopic (exact) mass is 193 g/mol. The van der Waals surface area contributed by atoms with Crippen molar-refractivity contribution in [1.29, 1.82) is 0 Å². The van der Waals surface area contributed by atoms with E-state index in [1.54, 1.807) is 0 Å². The highest BCUT2D eigenvalue weighted by atomic mass is 16.7. The van der Waals surface area contributed by atoms with Gasteiger partial charge in [-0.3, -0.25) is 0 Å². The van der Waals surface area contributed by atoms with Gasteiger partial charge in [-0.25, -0.2) is 0 Å². The van der Waals surface area contributed by atoms with Gasteiger partial charge in [0.1, 0.15) is 0 Å². The highest BCUT2D eigenvalue weighted by Gasteiger charge is 2.16. The first-order valence-corrected chi connectivity index (χ1v) is 4.85. The number of ether oxygens (including phenoxy) is 2. The van der Waals surface area contributed by atoms with E-state index in [1.807, 2.05) is 7.05 Å². The standard InChI is InChI=1S/C11H15NO2/c1-8-5-9(3-4-12-2)6-10-11(8)14-7-13-10/h5-6,12H,3-4,7H2,1-2H3. The quantitative estimate of drug-likeness (QED) is 0.788. The first-order valence-electron chi connectivity index (χ1n) is 4.85. The summed E-state index contributed by atoms with van der Waals surface area (Å²) in [5.74, 6) is 1.79. The maximum Gasteiger partial charge on any atom is 0.231 e. The highest BCUT2D eigenvalue weighted by Crippen LogP contribution is 2.36. The first kappa shape index (κ1) is 9.34. The number of nitrogens with one attached hydrogen (secondary N) is 1. The van der Waals surface area contributed by atoms with Gasteiger partial charge in [-0.05, 0) is 44.1 Å². The van der Waals surface area contributed by atoms with E-state index in [4.69, 9.17) is 9.47 Å². The van der Waals surface area contributed by atoms with Gasteiger partial charge in [0.2, 0.25) is 6.79 Å². The third-order valence-electron chi connectivity index (χ3n) is 2.38. The van der Waals surface area contributed by atoms with Gasteiger partial charge in [-0.2, -0.15) is 0 Å². The molecule has 0 atom stereocenters. The molecule has 76 valence electrons. The number of likely N-dealkylation sites (N-methyl/N-ethyl adjacent to an activating group) is 1. The third-order valence-corrected chi connectivity index (χ3v) is 2.38. The van der Waals surface area contributed by atoms with E-state index in [0.717, 1.165) is 30.0 Å². The molecule has 2 rings (SSSR count). The van der Waals surface area contributed by atoms with Crippen molar-refractivity contribution in [3.63, 3.8) is 0 Å². The Hall–Kier alpha value is -1.22. The molecule has 14 heavy (non-hydrogen) atoms. The number of aryl methyl sites for hydroxylation is 1. The lowest BCUT2D eigenvalue weighted by Crippen LogP contribution is -2.10. The van der Waals surface area contributed by atoms with Crippen LogP contribution in [0, 0.1) is 6.92 Å². The molecular formula is C11H15NO2. The average Bonchev–Trinajstić information content (AvgIpc) is 2.63. The second kappa shape index (κ2) is 3.88. The van der Waals surface area contributed by atoms with Crippen molar-refractivity contribution in [1.82, 2.24) is 5.32 Å². The maximum absolute atomic E-state index is 5.36. The predicted molar refractivity (Wildman–Crippen MR) is 54.9 cm³/mol. The molecule has 0 radical (unpaired) electrons. The lowest BCUT2D eigenvalue weighted by molar-refractivity contribution is 0.173. The molecule has 1 aromatic rings. The van der Waals surface area contributed by atoms with Crippen molar-refractivity contribution in [2.75, 3.05) is 20.4 Å². The van der Waals surface area contributed by atoms with Gasteiger partial charge in [-0.15, -0.1) is 0 Å². The van der Waals surface area contributed by atoms with Crippen LogP contribution < -0.4 is 14.8 Å². The van der Waals surface area contributed by atoms with Gasteiger partial charge in [0, 0.05) is 0 Å². The molecule has 3 heteroatoms. The Bertz CT molecular complexity index is 336. The minimum atomic E-state index is 0.353. The fourth-order valence-corrected chi connectivity index (χ4v) is 1.67. The van der Waals surface area contributed by atoms with Crippen LogP contribution in [0.5, 0.6) is 11.5 Å². The first-order chi connectivity index (χ1) is 6.81. The molecule has 1 N–H and O–H groups in total. The molecular weight excluding hydrogens is 178 g/mol. The predicted octanol–water partition coefficient (Wildman–Crippen LogP) is 1.49. The fourth-order valence-electron chi connectivity index (χ4n) is 1.67. The summed E-state index contributed by atoms with van der Waals surface area (Å²) >= 11 is 0. The number of hydrogen-bond acceptors (Lipinski definition) is 3. The van der Waals surface area contributed by atoms with Gasteiger partial charge in [0.15, 0.2) is 11.5 Å². The molecule has 1 aromatic carbocycles. The van der Waals surface area contributed by atoms with E-state index < -0.39 is 0 Å². The molecule has 1 aliphatic rings. The summed E-state index contributed by atoms with van der Waals surface area (Å²) in [6.45, 7) is 3.39. The van der Waals surface area contributed by atoms with Crippen LogP contribution in [0.15, 0.2) is 12.1 Å². The summed E-state index contributed by atoms with van der Waals surface area (Å²) in [4.78, 5) is 0. The van der Waals surface area contributed by atoms with Crippen molar-refractivity contribution in [2.24, 2.45) is 0 Å². The van der Waals surface area contributed by atoms with Gasteiger partial charge in [0.05, 0.1) is 0 Å². The minimum absolute atomic E-state index is 0.353. The van der Waals surface area contributed by atoms with Crippen LogP contribution in [0.2, 0.25) is 0 Å². The number of benzene rings is 1. The lowest BCUT2D eigenvalue weighted by Gasteiger charge is -2.05. The Labute approximate surface area is 84.0 Å². The van der Waals surface area contributed by atoms with Crippen molar-refractivity contribution < 1.29 is 9.47 Å². The number of rotatable bonds is 3. The van der Waals surface area contributed by atoms with E-state index >= 15 is 0 Å². The van der Waals surface area contributed by atoms with Gasteiger partial charge < -0.3 is 14.8 Å². The molecule has 0 aromatic heterocycles. The van der Waals surface area contributed by atoms with Crippen LogP contribution in [0.4, 0.5) is 0 Å². The summed E-state index contributed by atoms with van der Waals surface area (Å²) in [7, 11) is 1.96. The summed E-state index contributed by atoms with van der Waals surface area (Å²) in [6, 6.07) is 4.22. The van der Waals surface area contributed by atoms with Crippen LogP contribution in [0.25, 0.3) is 0 Å². The van der Waals surface area contributed by atoms with Crippen molar-refractivity contribution >= 4 is 0 Å². The van der Waals surface area contributed by atoms with Crippen LogP contribution in [-0.2, 0) is 6.42 Å². The van der Waals surface area contributed by atoms with Crippen molar-refractivity contribution in [3.8, 4) is 11.5 Å². The summed E-state index contributed by atoms with van der Waals surface area (Å²) in [5.41, 5.74) is 2.45. The van der Waals surface area contributed by atoms with Crippen LogP contribution in [-0.4, -0.2) is 20.4 Å². The van der Waals surface area contributed by atoms with E-state index in [2.05, 4.69) is 24.4 Å². The average molecular weight is 193 g/mol. The zero-order chi connectivity index (χ0) is 9.97. The number of fused-ring (bicyclic) bond motifs is 1. The SMILES string of the molecule is CNCCc1cc(C)c2c(c1)OCO2. The highest BCUT2D eigenvalue weighted by molar-refractivity contribution is 5.50.